The zero-order valence-electron chi connectivity index (χ0n) is 17.2. The lowest BCUT2D eigenvalue weighted by molar-refractivity contribution is -0.119. The molecule has 2 aromatic carbocycles. The molecule has 2 amide bonds. The molecule has 0 aliphatic carbocycles. The van der Waals surface area contributed by atoms with E-state index >= 15 is 0 Å². The van der Waals surface area contributed by atoms with E-state index in [-0.39, 0.29) is 30.3 Å². The van der Waals surface area contributed by atoms with Gasteiger partial charge in [0.25, 0.3) is 0 Å². The molecular formula is C22H29N3O2S. The molecule has 0 fully saturated rings. The van der Waals surface area contributed by atoms with Crippen molar-refractivity contribution in [3.63, 3.8) is 0 Å². The van der Waals surface area contributed by atoms with Crippen molar-refractivity contribution in [2.24, 2.45) is 0 Å². The number of benzene rings is 2. The molecule has 0 aromatic heterocycles. The molecular weight excluding hydrogens is 370 g/mol. The number of thioether (sulfide) groups is 1. The molecule has 0 heterocycles. The summed E-state index contributed by atoms with van der Waals surface area (Å²) < 4.78 is 0. The van der Waals surface area contributed by atoms with E-state index in [0.717, 1.165) is 21.8 Å². The first-order valence-electron chi connectivity index (χ1n) is 9.21. The number of hydrogen-bond acceptors (Lipinski definition) is 4. The van der Waals surface area contributed by atoms with Gasteiger partial charge >= 0.3 is 0 Å². The van der Waals surface area contributed by atoms with Crippen molar-refractivity contribution in [3.8, 4) is 0 Å². The highest BCUT2D eigenvalue weighted by Crippen LogP contribution is 2.29. The third kappa shape index (κ3) is 6.39. The molecule has 2 N–H and O–H groups in total. The lowest BCUT2D eigenvalue weighted by Crippen LogP contribution is -2.36. The molecule has 0 aliphatic rings. The Labute approximate surface area is 171 Å². The maximum atomic E-state index is 12.5. The molecule has 0 atom stereocenters. The van der Waals surface area contributed by atoms with Crippen LogP contribution >= 0.6 is 11.8 Å². The van der Waals surface area contributed by atoms with E-state index < -0.39 is 0 Å². The first-order valence-corrected chi connectivity index (χ1v) is 10.4. The third-order valence-corrected chi connectivity index (χ3v) is 5.01. The van der Waals surface area contributed by atoms with Crippen LogP contribution in [0, 0.1) is 0 Å². The lowest BCUT2D eigenvalue weighted by Gasteiger charge is -2.23. The second kappa shape index (κ2) is 9.75. The maximum absolute atomic E-state index is 12.5. The van der Waals surface area contributed by atoms with Crippen LogP contribution in [0.25, 0.3) is 0 Å². The van der Waals surface area contributed by atoms with Gasteiger partial charge in [0, 0.05) is 10.6 Å². The van der Waals surface area contributed by atoms with Gasteiger partial charge in [0.2, 0.25) is 11.8 Å². The Morgan fingerprint density at radius 1 is 0.893 bits per heavy atom. The number of amides is 2. The van der Waals surface area contributed by atoms with E-state index in [2.05, 4.69) is 31.4 Å². The number of nitrogens with zero attached hydrogens (tertiary/aromatic N) is 1. The Kier molecular flexibility index (Phi) is 7.66. The van der Waals surface area contributed by atoms with Crippen LogP contribution in [0.4, 0.5) is 11.4 Å². The molecule has 0 aliphatic heterocycles. The van der Waals surface area contributed by atoms with Gasteiger partial charge in [-0.15, -0.1) is 11.8 Å². The van der Waals surface area contributed by atoms with Crippen molar-refractivity contribution in [2.75, 3.05) is 37.0 Å². The quantitative estimate of drug-likeness (QED) is 0.685. The van der Waals surface area contributed by atoms with Crippen molar-refractivity contribution < 1.29 is 9.59 Å². The van der Waals surface area contributed by atoms with Crippen LogP contribution in [-0.4, -0.2) is 43.1 Å². The number of carbonyl (C=O) groups excluding carboxylic acids is 2. The fourth-order valence-electron chi connectivity index (χ4n) is 2.92. The minimum Gasteiger partial charge on any atom is -0.325 e. The Hall–Kier alpha value is -2.31. The second-order valence-electron chi connectivity index (χ2n) is 7.76. The van der Waals surface area contributed by atoms with Crippen LogP contribution < -0.4 is 10.6 Å². The summed E-state index contributed by atoms with van der Waals surface area (Å²) in [4.78, 5) is 27.5. The highest BCUT2D eigenvalue weighted by atomic mass is 32.2. The monoisotopic (exact) mass is 399 g/mol. The van der Waals surface area contributed by atoms with Crippen molar-refractivity contribution in [2.45, 2.75) is 31.1 Å². The van der Waals surface area contributed by atoms with Crippen LogP contribution in [0.15, 0.2) is 53.4 Å². The number of likely N-dealkylation sites (N-methyl/N-ethyl adjacent to an activating group) is 1. The minimum absolute atomic E-state index is 0.0691. The maximum Gasteiger partial charge on any atom is 0.238 e. The van der Waals surface area contributed by atoms with Crippen molar-refractivity contribution in [3.05, 3.63) is 54.1 Å². The van der Waals surface area contributed by atoms with Gasteiger partial charge in [0.05, 0.1) is 18.8 Å². The van der Waals surface area contributed by atoms with Gasteiger partial charge < -0.3 is 10.6 Å². The molecule has 2 rings (SSSR count). The standard InChI is InChI=1S/C22H29N3O2S/c1-22(2,3)16-10-6-7-11-17(16)23-20(26)14-25(4)15-21(27)24-18-12-8-9-13-19(18)28-5/h6-13H,14-15H2,1-5H3,(H,23,26)(H,24,27). The highest BCUT2D eigenvalue weighted by molar-refractivity contribution is 7.98. The van der Waals surface area contributed by atoms with E-state index in [0.29, 0.717) is 0 Å². The average molecular weight is 400 g/mol. The topological polar surface area (TPSA) is 61.4 Å². The minimum atomic E-state index is -0.146. The predicted molar refractivity (Wildman–Crippen MR) is 118 cm³/mol. The van der Waals surface area contributed by atoms with Gasteiger partial charge in [-0.05, 0) is 42.5 Å². The molecule has 150 valence electrons. The summed E-state index contributed by atoms with van der Waals surface area (Å²) in [7, 11) is 1.76. The van der Waals surface area contributed by atoms with Crippen LogP contribution in [0.3, 0.4) is 0 Å². The first kappa shape index (κ1) is 22.0. The molecule has 0 radical (unpaired) electrons. The number of rotatable bonds is 7. The van der Waals surface area contributed by atoms with Gasteiger partial charge in [-0.25, -0.2) is 0 Å². The van der Waals surface area contributed by atoms with Gasteiger partial charge in [-0.3, -0.25) is 14.5 Å². The van der Waals surface area contributed by atoms with E-state index in [1.54, 1.807) is 23.7 Å². The van der Waals surface area contributed by atoms with Gasteiger partial charge in [-0.1, -0.05) is 51.1 Å². The zero-order chi connectivity index (χ0) is 20.7. The summed E-state index contributed by atoms with van der Waals surface area (Å²) in [6.45, 7) is 6.61. The zero-order valence-corrected chi connectivity index (χ0v) is 18.0. The summed E-state index contributed by atoms with van der Waals surface area (Å²) in [5, 5.41) is 5.88. The van der Waals surface area contributed by atoms with Crippen molar-refractivity contribution in [1.82, 2.24) is 4.90 Å². The molecule has 0 saturated heterocycles. The summed E-state index contributed by atoms with van der Waals surface area (Å²) in [6.07, 6.45) is 1.97. The summed E-state index contributed by atoms with van der Waals surface area (Å²) in [6, 6.07) is 15.5. The van der Waals surface area contributed by atoms with E-state index in [1.807, 2.05) is 54.8 Å². The molecule has 0 saturated carbocycles. The normalized spacial score (nSPS) is 11.4. The lowest BCUT2D eigenvalue weighted by atomic mass is 9.86. The number of carbonyl (C=O) groups is 2. The fraction of sp³-hybridized carbons (Fsp3) is 0.364. The number of nitrogens with one attached hydrogen (secondary N) is 2. The molecule has 28 heavy (non-hydrogen) atoms. The molecule has 0 bridgehead atoms. The van der Waals surface area contributed by atoms with Crippen LogP contribution in [0.5, 0.6) is 0 Å². The number of anilines is 2. The Bertz CT molecular complexity index is 831. The predicted octanol–water partition coefficient (Wildman–Crippen LogP) is 4.22. The molecule has 0 unspecified atom stereocenters. The van der Waals surface area contributed by atoms with Crippen LogP contribution in [0.1, 0.15) is 26.3 Å². The van der Waals surface area contributed by atoms with E-state index in [1.165, 1.54) is 0 Å². The molecule has 2 aromatic rings. The third-order valence-electron chi connectivity index (χ3n) is 4.22. The highest BCUT2D eigenvalue weighted by Gasteiger charge is 2.19. The van der Waals surface area contributed by atoms with Gasteiger partial charge in [0.1, 0.15) is 0 Å². The largest absolute Gasteiger partial charge is 0.325 e. The number of hydrogen-bond donors (Lipinski definition) is 2. The SMILES string of the molecule is CSc1ccccc1NC(=O)CN(C)CC(=O)Nc1ccccc1C(C)(C)C. The Balaban J connectivity index is 1.92. The summed E-state index contributed by atoms with van der Waals surface area (Å²) in [5.74, 6) is -0.289. The average Bonchev–Trinajstić information content (AvgIpc) is 2.61. The fourth-order valence-corrected chi connectivity index (χ4v) is 3.47. The second-order valence-corrected chi connectivity index (χ2v) is 8.61. The van der Waals surface area contributed by atoms with Crippen LogP contribution in [0.2, 0.25) is 0 Å². The Morgan fingerprint density at radius 2 is 1.39 bits per heavy atom. The van der Waals surface area contributed by atoms with Gasteiger partial charge in [0.15, 0.2) is 0 Å². The Morgan fingerprint density at radius 3 is 1.96 bits per heavy atom. The van der Waals surface area contributed by atoms with E-state index in [9.17, 15) is 9.59 Å². The van der Waals surface area contributed by atoms with E-state index in [4.69, 9.17) is 0 Å². The number of para-hydroxylation sites is 2. The van der Waals surface area contributed by atoms with Gasteiger partial charge in [-0.2, -0.15) is 0 Å². The summed E-state index contributed by atoms with van der Waals surface area (Å²) in [5.41, 5.74) is 2.61. The van der Waals surface area contributed by atoms with Crippen molar-refractivity contribution in [1.29, 1.82) is 0 Å². The summed E-state index contributed by atoms with van der Waals surface area (Å²) >= 11 is 1.58. The van der Waals surface area contributed by atoms with Crippen LogP contribution in [-0.2, 0) is 15.0 Å². The van der Waals surface area contributed by atoms with Crippen molar-refractivity contribution >= 4 is 35.0 Å². The smallest absolute Gasteiger partial charge is 0.238 e. The molecule has 5 nitrogen and oxygen atoms in total. The molecule has 0 spiro atoms. The molecule has 6 heteroatoms. The first-order chi connectivity index (χ1) is 13.2.